The summed E-state index contributed by atoms with van der Waals surface area (Å²) in [5, 5.41) is 23.2. The van der Waals surface area contributed by atoms with Gasteiger partial charge in [0.2, 0.25) is 65.0 Å². The number of unbranched alkanes of at least 4 members (excludes halogenated alkanes) is 1. The minimum Gasteiger partial charge on any atom is -0.390 e. The maximum atomic E-state index is 15.2. The minimum atomic E-state index is -1.63. The van der Waals surface area contributed by atoms with Gasteiger partial charge in [-0.3, -0.25) is 52.7 Å². The number of allylic oxidation sites excluding steroid dienone is 2. The molecule has 25 heteroatoms. The van der Waals surface area contributed by atoms with Crippen LogP contribution < -0.4 is 21.3 Å². The van der Waals surface area contributed by atoms with Gasteiger partial charge in [-0.2, -0.15) is 11.8 Å². The normalized spacial score (nSPS) is 26.4. The maximum Gasteiger partial charge on any atom is 0.246 e. The van der Waals surface area contributed by atoms with Crippen molar-refractivity contribution in [1.29, 1.82) is 0 Å². The van der Waals surface area contributed by atoms with E-state index in [0.717, 1.165) is 26.9 Å². The summed E-state index contributed by atoms with van der Waals surface area (Å²) in [4.78, 5) is 170. The van der Waals surface area contributed by atoms with Crippen LogP contribution in [-0.4, -0.2) is 252 Å². The Morgan fingerprint density at radius 2 is 1.01 bits per heavy atom. The van der Waals surface area contributed by atoms with Crippen LogP contribution in [0, 0.1) is 35.5 Å². The van der Waals surface area contributed by atoms with E-state index in [2.05, 4.69) is 21.3 Å². The number of aliphatic hydroxyl groups is 1. The van der Waals surface area contributed by atoms with E-state index in [1.165, 1.54) is 82.8 Å². The van der Waals surface area contributed by atoms with E-state index in [0.29, 0.717) is 12.8 Å². The summed E-state index contributed by atoms with van der Waals surface area (Å²) < 4.78 is 6.21. The van der Waals surface area contributed by atoms with E-state index < -0.39 is 162 Å². The molecular formula is C65H117N11O13S. The molecule has 1 aliphatic rings. The van der Waals surface area contributed by atoms with E-state index in [-0.39, 0.29) is 50.0 Å². The molecular weight excluding hydrogens is 1170 g/mol. The van der Waals surface area contributed by atoms with Gasteiger partial charge in [0.05, 0.1) is 18.8 Å². The van der Waals surface area contributed by atoms with Gasteiger partial charge < -0.3 is 65.4 Å². The van der Waals surface area contributed by atoms with Crippen molar-refractivity contribution >= 4 is 76.7 Å². The van der Waals surface area contributed by atoms with Crippen molar-refractivity contribution in [2.75, 3.05) is 74.5 Å². The second-order valence-corrected chi connectivity index (χ2v) is 27.7. The van der Waals surface area contributed by atoms with Gasteiger partial charge >= 0.3 is 0 Å². The summed E-state index contributed by atoms with van der Waals surface area (Å²) >= 11 is 1.67. The Labute approximate surface area is 543 Å². The molecule has 0 aromatic carbocycles. The van der Waals surface area contributed by atoms with Crippen molar-refractivity contribution in [2.24, 2.45) is 35.5 Å². The molecule has 13 atom stereocenters. The maximum absolute atomic E-state index is 15.2. The Morgan fingerprint density at radius 1 is 0.533 bits per heavy atom. The van der Waals surface area contributed by atoms with Crippen molar-refractivity contribution in [1.82, 2.24) is 55.6 Å². The van der Waals surface area contributed by atoms with Crippen molar-refractivity contribution in [2.45, 2.75) is 228 Å². The molecule has 5 N–H and O–H groups in total. The first-order valence-corrected chi connectivity index (χ1v) is 33.6. The molecule has 0 aromatic rings. The van der Waals surface area contributed by atoms with Crippen LogP contribution in [0.25, 0.3) is 0 Å². The van der Waals surface area contributed by atoms with E-state index in [1.807, 2.05) is 47.8 Å². The lowest BCUT2D eigenvalue weighted by molar-refractivity contribution is -0.157. The quantitative estimate of drug-likeness (QED) is 0.0858. The van der Waals surface area contributed by atoms with Gasteiger partial charge in [-0.1, -0.05) is 95.2 Å². The molecule has 1 aliphatic heterocycles. The molecule has 24 nitrogen and oxygen atoms in total. The SMILES string of the molecule is C/C=C/C[C@@H](C)[C@@H](O)[C@@H]1C(=O)N[C@@H](CC)C(=O)N(C)CC(=O)N(C)[C@@H]([C@@H](C)OCCCCSC)C(=O)N[C@@H](C(C)C)C(=O)N(C)[C@@H](CC(C)C)C(=O)N[C@@H](C)C(=O)N[C@H](C)C(=O)N(C)[C@@H](CC(C)C)C(=O)N(C)[C@@H](CC(C)C)C(=O)N(C)[C@@H](C(C)C)C(=O)N1C. The van der Waals surface area contributed by atoms with E-state index in [9.17, 15) is 48.3 Å². The molecule has 1 rings (SSSR count). The Bertz CT molecular complexity index is 2430. The molecule has 1 saturated heterocycles. The first-order chi connectivity index (χ1) is 41.8. The third-order valence-electron chi connectivity index (χ3n) is 16.9. The zero-order valence-corrected chi connectivity index (χ0v) is 59.8. The van der Waals surface area contributed by atoms with Gasteiger partial charge in [-0.25, -0.2) is 0 Å². The van der Waals surface area contributed by atoms with E-state index in [1.54, 1.807) is 79.3 Å². The summed E-state index contributed by atoms with van der Waals surface area (Å²) in [6.07, 6.45) is 5.31. The predicted octanol–water partition coefficient (Wildman–Crippen LogP) is 3.77. The topological polar surface area (TPSA) is 288 Å². The molecule has 0 aromatic heterocycles. The van der Waals surface area contributed by atoms with Crippen LogP contribution in [0.15, 0.2) is 12.2 Å². The van der Waals surface area contributed by atoms with E-state index in [4.69, 9.17) is 4.74 Å². The highest BCUT2D eigenvalue weighted by Gasteiger charge is 2.46. The lowest BCUT2D eigenvalue weighted by Gasteiger charge is -2.41. The van der Waals surface area contributed by atoms with E-state index >= 15 is 9.59 Å². The van der Waals surface area contributed by atoms with Crippen LogP contribution in [0.4, 0.5) is 0 Å². The Morgan fingerprint density at radius 3 is 1.50 bits per heavy atom. The van der Waals surface area contributed by atoms with Gasteiger partial charge in [-0.15, -0.1) is 0 Å². The highest BCUT2D eigenvalue weighted by Crippen LogP contribution is 2.26. The number of carbonyl (C=O) groups excluding carboxylic acids is 11. The monoisotopic (exact) mass is 1290 g/mol. The summed E-state index contributed by atoms with van der Waals surface area (Å²) in [5.41, 5.74) is 0. The molecule has 1 heterocycles. The Balaban J connectivity index is 4.38. The van der Waals surface area contributed by atoms with Crippen LogP contribution in [0.5, 0.6) is 0 Å². The number of carbonyl (C=O) groups is 11. The molecule has 0 radical (unpaired) electrons. The number of ether oxygens (including phenoxy) is 1. The summed E-state index contributed by atoms with van der Waals surface area (Å²) in [6, 6.07) is -12.8. The number of hydrogen-bond donors (Lipinski definition) is 5. The number of nitrogens with zero attached hydrogens (tertiary/aromatic N) is 7. The highest BCUT2D eigenvalue weighted by atomic mass is 32.2. The predicted molar refractivity (Wildman–Crippen MR) is 352 cm³/mol. The van der Waals surface area contributed by atoms with Crippen LogP contribution >= 0.6 is 11.8 Å². The van der Waals surface area contributed by atoms with Gasteiger partial charge in [0.1, 0.15) is 60.4 Å². The van der Waals surface area contributed by atoms with Crippen LogP contribution in [-0.2, 0) is 57.5 Å². The van der Waals surface area contributed by atoms with Crippen LogP contribution in [0.2, 0.25) is 0 Å². The molecule has 0 spiro atoms. The fourth-order valence-electron chi connectivity index (χ4n) is 11.2. The second kappa shape index (κ2) is 38.9. The molecule has 0 saturated carbocycles. The Hall–Kier alpha value is -5.82. The third kappa shape index (κ3) is 23.7. The zero-order valence-electron chi connectivity index (χ0n) is 59.0. The van der Waals surface area contributed by atoms with Crippen molar-refractivity contribution in [3.8, 4) is 0 Å². The number of nitrogens with one attached hydrogen (secondary N) is 4. The average molecular weight is 1290 g/mol. The summed E-state index contributed by atoms with van der Waals surface area (Å²) in [7, 11) is 9.86. The number of likely N-dealkylation sites (N-methyl/N-ethyl adjacent to an activating group) is 7. The molecule has 1 fully saturated rings. The van der Waals surface area contributed by atoms with Gasteiger partial charge in [-0.05, 0) is 120 Å². The molecule has 0 aliphatic carbocycles. The standard InChI is InChI=1S/C65H117N11O13S/c1-25-27-30-42(13)55(78)54-59(82)68-46(26-2)61(84)70(17)36-50(77)74(21)53(45(16)89-31-28-29-32-90-24)58(81)69-51(40(9)10)64(87)71(18)47(33-37(3)4)57(80)66-43(14)56(79)67-44(15)60(83)72(19)48(34-38(5)6)62(85)73(20)49(35-39(7)8)63(86)75(22)52(41(11)12)65(88)76(54)23/h25,27,37-49,51-55,78H,26,28-36H2,1-24H3,(H,66,80)(H,67,79)(H,68,82)(H,69,81)/b27-25+/t42-,43+,44-,45-,46+,47+,48+,49+,51+,52+,53+,54-,55-/m1/s1. The molecule has 0 bridgehead atoms. The van der Waals surface area contributed by atoms with Gasteiger partial charge in [0.25, 0.3) is 0 Å². The first kappa shape index (κ1) is 82.2. The molecule has 516 valence electrons. The number of rotatable bonds is 20. The van der Waals surface area contributed by atoms with Crippen molar-refractivity contribution < 1.29 is 62.6 Å². The number of amides is 11. The summed E-state index contributed by atoms with van der Waals surface area (Å²) in [6.45, 7) is 27.4. The van der Waals surface area contributed by atoms with Crippen LogP contribution in [0.1, 0.15) is 156 Å². The number of aliphatic hydroxyl groups excluding tert-OH is 1. The number of hydrogen-bond acceptors (Lipinski definition) is 14. The molecule has 90 heavy (non-hydrogen) atoms. The Kier molecular flexibility index (Phi) is 35.5. The fraction of sp³-hybridized carbons (Fsp3) is 0.800. The zero-order chi connectivity index (χ0) is 69.5. The molecule has 11 amide bonds. The highest BCUT2D eigenvalue weighted by molar-refractivity contribution is 7.98. The minimum absolute atomic E-state index is 0.00309. The van der Waals surface area contributed by atoms with Crippen molar-refractivity contribution in [3.63, 3.8) is 0 Å². The first-order valence-electron chi connectivity index (χ1n) is 32.2. The lowest BCUT2D eigenvalue weighted by Crippen LogP contribution is -2.63. The summed E-state index contributed by atoms with van der Waals surface area (Å²) in [5.74, 6) is -9.08. The smallest absolute Gasteiger partial charge is 0.246 e. The fourth-order valence-corrected chi connectivity index (χ4v) is 11.7. The second-order valence-electron chi connectivity index (χ2n) is 26.7. The third-order valence-corrected chi connectivity index (χ3v) is 17.6. The van der Waals surface area contributed by atoms with Gasteiger partial charge in [0, 0.05) is 55.9 Å². The molecule has 0 unspecified atom stereocenters. The van der Waals surface area contributed by atoms with Gasteiger partial charge in [0.15, 0.2) is 0 Å². The average Bonchev–Trinajstić information content (AvgIpc) is 0.863. The van der Waals surface area contributed by atoms with Crippen molar-refractivity contribution in [3.05, 3.63) is 12.2 Å². The lowest BCUT2D eigenvalue weighted by atomic mass is 9.91. The number of thioether (sulfide) groups is 1. The van der Waals surface area contributed by atoms with Crippen LogP contribution in [0.3, 0.4) is 0 Å². The largest absolute Gasteiger partial charge is 0.390 e.